The third-order valence-corrected chi connectivity index (χ3v) is 5.63. The summed E-state index contributed by atoms with van der Waals surface area (Å²) in [6.45, 7) is -0.514. The van der Waals surface area contributed by atoms with Gasteiger partial charge >= 0.3 is 6.18 Å². The molecule has 0 aliphatic heterocycles. The predicted molar refractivity (Wildman–Crippen MR) is 119 cm³/mol. The van der Waals surface area contributed by atoms with Gasteiger partial charge in [0.2, 0.25) is 0 Å². The SMILES string of the molecule is Nc1c(-c2cc(Cc3ccc(Cc4cccc(C(F)(F)F)n4)cc3)no2)ccc[n+]1COP(=O)([O-])O. The van der Waals surface area contributed by atoms with Gasteiger partial charge in [-0.25, -0.2) is 9.55 Å². The minimum absolute atomic E-state index is 0.140. The number of halogens is 3. The lowest BCUT2D eigenvalue weighted by atomic mass is 10.0. The van der Waals surface area contributed by atoms with Crippen LogP contribution in [-0.2, 0) is 34.8 Å². The molecule has 0 bridgehead atoms. The van der Waals surface area contributed by atoms with Crippen molar-refractivity contribution >= 4 is 13.6 Å². The number of anilines is 1. The summed E-state index contributed by atoms with van der Waals surface area (Å²) in [4.78, 5) is 23.3. The van der Waals surface area contributed by atoms with Crippen LogP contribution in [0.2, 0.25) is 0 Å². The lowest BCUT2D eigenvalue weighted by molar-refractivity contribution is -0.712. The second-order valence-electron chi connectivity index (χ2n) is 7.87. The van der Waals surface area contributed by atoms with Gasteiger partial charge < -0.3 is 14.3 Å². The van der Waals surface area contributed by atoms with E-state index in [0.717, 1.165) is 17.2 Å². The van der Waals surface area contributed by atoms with Gasteiger partial charge in [-0.1, -0.05) is 35.5 Å². The second-order valence-corrected chi connectivity index (χ2v) is 9.06. The molecule has 1 unspecified atom stereocenters. The third kappa shape index (κ3) is 6.55. The molecular weight excluding hydrogens is 500 g/mol. The minimum atomic E-state index is -4.92. The summed E-state index contributed by atoms with van der Waals surface area (Å²) in [5, 5.41) is 4.04. The second kappa shape index (κ2) is 10.2. The van der Waals surface area contributed by atoms with Crippen LogP contribution >= 0.6 is 7.82 Å². The molecule has 9 nitrogen and oxygen atoms in total. The number of nitrogens with zero attached hydrogens (tertiary/aromatic N) is 3. The van der Waals surface area contributed by atoms with Gasteiger partial charge in [-0.3, -0.25) is 14.8 Å². The highest BCUT2D eigenvalue weighted by atomic mass is 31.2. The molecule has 0 fully saturated rings. The van der Waals surface area contributed by atoms with Gasteiger partial charge in [0.1, 0.15) is 11.3 Å². The van der Waals surface area contributed by atoms with Gasteiger partial charge in [0.25, 0.3) is 13.6 Å². The van der Waals surface area contributed by atoms with Gasteiger partial charge in [-0.2, -0.15) is 13.2 Å². The van der Waals surface area contributed by atoms with E-state index in [-0.39, 0.29) is 12.2 Å². The van der Waals surface area contributed by atoms with E-state index in [1.165, 1.54) is 16.8 Å². The number of pyridine rings is 2. The van der Waals surface area contributed by atoms with Gasteiger partial charge in [-0.15, -0.1) is 0 Å². The van der Waals surface area contributed by atoms with Gasteiger partial charge in [0.15, 0.2) is 12.5 Å². The van der Waals surface area contributed by atoms with Crippen LogP contribution in [0.25, 0.3) is 11.3 Å². The van der Waals surface area contributed by atoms with E-state index in [9.17, 15) is 22.6 Å². The highest BCUT2D eigenvalue weighted by molar-refractivity contribution is 7.44. The Balaban J connectivity index is 1.43. The molecule has 0 saturated carbocycles. The molecule has 3 aromatic heterocycles. The highest BCUT2D eigenvalue weighted by Gasteiger charge is 2.32. The van der Waals surface area contributed by atoms with Crippen LogP contribution in [0.4, 0.5) is 19.0 Å². The number of nitrogen functional groups attached to an aromatic ring is 1. The molecule has 36 heavy (non-hydrogen) atoms. The number of alkyl halides is 3. The van der Waals surface area contributed by atoms with Crippen molar-refractivity contribution in [1.29, 1.82) is 0 Å². The van der Waals surface area contributed by atoms with Crippen molar-refractivity contribution < 1.29 is 41.1 Å². The summed E-state index contributed by atoms with van der Waals surface area (Å²) in [6, 6.07) is 16.1. The van der Waals surface area contributed by atoms with Crippen LogP contribution in [0, 0.1) is 0 Å². The number of phosphoric ester groups is 1. The number of phosphoric acid groups is 1. The van der Waals surface area contributed by atoms with Crippen molar-refractivity contribution in [1.82, 2.24) is 10.1 Å². The summed E-state index contributed by atoms with van der Waals surface area (Å²) in [5.41, 5.74) is 8.22. The van der Waals surface area contributed by atoms with E-state index in [2.05, 4.69) is 14.7 Å². The summed E-state index contributed by atoms with van der Waals surface area (Å²) in [5.74, 6) is 0.486. The number of rotatable bonds is 8. The summed E-state index contributed by atoms with van der Waals surface area (Å²) < 4.78 is 60.5. The Bertz CT molecular complexity index is 1400. The van der Waals surface area contributed by atoms with Crippen molar-refractivity contribution in [2.45, 2.75) is 25.7 Å². The first-order valence-electron chi connectivity index (χ1n) is 10.5. The molecule has 0 radical (unpaired) electrons. The zero-order chi connectivity index (χ0) is 25.9. The Hall–Kier alpha value is -3.57. The van der Waals surface area contributed by atoms with Crippen LogP contribution < -0.4 is 15.2 Å². The van der Waals surface area contributed by atoms with Gasteiger partial charge in [0.05, 0.1) is 11.9 Å². The van der Waals surface area contributed by atoms with Crippen LogP contribution in [0.15, 0.2) is 71.4 Å². The molecule has 0 aliphatic carbocycles. The Morgan fingerprint density at radius 3 is 2.36 bits per heavy atom. The molecular formula is C23H20F3N4O5P. The molecule has 188 valence electrons. The molecule has 0 amide bonds. The molecule has 0 aliphatic rings. The van der Waals surface area contributed by atoms with E-state index in [0.29, 0.717) is 29.1 Å². The first kappa shape index (κ1) is 25.5. The highest BCUT2D eigenvalue weighted by Crippen LogP contribution is 2.31. The van der Waals surface area contributed by atoms with Crippen molar-refractivity contribution in [2.75, 3.05) is 5.73 Å². The predicted octanol–water partition coefficient (Wildman–Crippen LogP) is 3.24. The molecule has 0 saturated heterocycles. The molecule has 13 heteroatoms. The maximum absolute atomic E-state index is 12.9. The molecule has 0 spiro atoms. The summed E-state index contributed by atoms with van der Waals surface area (Å²) >= 11 is 0. The minimum Gasteiger partial charge on any atom is -0.756 e. The molecule has 4 rings (SSSR count). The zero-order valence-electron chi connectivity index (χ0n) is 18.6. The maximum Gasteiger partial charge on any atom is 0.433 e. The number of hydrogen-bond donors (Lipinski definition) is 2. The van der Waals surface area contributed by atoms with Gasteiger partial charge in [0, 0.05) is 24.6 Å². The third-order valence-electron chi connectivity index (χ3n) is 5.19. The van der Waals surface area contributed by atoms with Crippen molar-refractivity contribution in [3.8, 4) is 11.3 Å². The van der Waals surface area contributed by atoms with E-state index >= 15 is 0 Å². The van der Waals surface area contributed by atoms with E-state index < -0.39 is 26.4 Å². The van der Waals surface area contributed by atoms with Crippen LogP contribution in [0.3, 0.4) is 0 Å². The zero-order valence-corrected chi connectivity index (χ0v) is 19.4. The fourth-order valence-electron chi connectivity index (χ4n) is 3.47. The lowest BCUT2D eigenvalue weighted by Gasteiger charge is -2.14. The Morgan fingerprint density at radius 2 is 1.72 bits per heavy atom. The Labute approximate surface area is 203 Å². The number of benzene rings is 1. The Morgan fingerprint density at radius 1 is 1.06 bits per heavy atom. The monoisotopic (exact) mass is 520 g/mol. The fourth-order valence-corrected chi connectivity index (χ4v) is 3.74. The number of nitrogens with two attached hydrogens (primary N) is 1. The normalized spacial score (nSPS) is 13.5. The quantitative estimate of drug-likeness (QED) is 0.267. The van der Waals surface area contributed by atoms with Crippen LogP contribution in [-0.4, -0.2) is 15.0 Å². The molecule has 4 aromatic rings. The Kier molecular flexibility index (Phi) is 7.23. The maximum atomic E-state index is 12.9. The largest absolute Gasteiger partial charge is 0.756 e. The number of hydrogen-bond acceptors (Lipinski definition) is 7. The van der Waals surface area contributed by atoms with Crippen LogP contribution in [0.1, 0.15) is 28.2 Å². The van der Waals surface area contributed by atoms with E-state index in [1.807, 2.05) is 24.3 Å². The lowest BCUT2D eigenvalue weighted by Crippen LogP contribution is -2.38. The summed E-state index contributed by atoms with van der Waals surface area (Å²) in [7, 11) is -4.92. The van der Waals surface area contributed by atoms with Crippen LogP contribution in [0.5, 0.6) is 0 Å². The average Bonchev–Trinajstić information content (AvgIpc) is 3.27. The van der Waals surface area contributed by atoms with Crippen molar-refractivity contribution in [3.63, 3.8) is 0 Å². The fraction of sp³-hybridized carbons (Fsp3) is 0.174. The topological polar surface area (TPSA) is 138 Å². The molecule has 3 heterocycles. The smallest absolute Gasteiger partial charge is 0.433 e. The average molecular weight is 520 g/mol. The van der Waals surface area contributed by atoms with E-state index in [4.69, 9.17) is 15.2 Å². The molecule has 1 atom stereocenters. The standard InChI is InChI=1S/C23H20F3N4O5P/c24-23(25,26)21-5-1-3-17(28-21)11-15-6-8-16(9-7-15)12-18-13-20(35-29-18)19-4-2-10-30(22(19)27)14-34-36(31,32)33/h1-10,13,27H,11-12,14H2,(H2,31,32,33). The van der Waals surface area contributed by atoms with Crippen molar-refractivity contribution in [2.24, 2.45) is 0 Å². The van der Waals surface area contributed by atoms with Gasteiger partial charge in [-0.05, 0) is 35.4 Å². The number of aromatic nitrogens is 3. The molecule has 1 aromatic carbocycles. The molecule has 3 N–H and O–H groups in total. The van der Waals surface area contributed by atoms with Crippen molar-refractivity contribution in [3.05, 3.63) is 95.1 Å². The summed E-state index contributed by atoms with van der Waals surface area (Å²) in [6.07, 6.45) is -2.34. The van der Waals surface area contributed by atoms with E-state index in [1.54, 1.807) is 24.3 Å². The first-order valence-corrected chi connectivity index (χ1v) is 12.0. The first-order chi connectivity index (χ1) is 17.0.